The van der Waals surface area contributed by atoms with Crippen molar-refractivity contribution in [1.29, 1.82) is 0 Å². The maximum absolute atomic E-state index is 14.6. The van der Waals surface area contributed by atoms with Gasteiger partial charge in [-0.2, -0.15) is 0 Å². The molecule has 0 saturated carbocycles. The molecule has 42 heavy (non-hydrogen) atoms. The van der Waals surface area contributed by atoms with Gasteiger partial charge >= 0.3 is 0 Å². The second kappa shape index (κ2) is 11.3. The maximum atomic E-state index is 14.6. The second-order valence-electron chi connectivity index (χ2n) is 11.4. The number of rotatable bonds is 7. The van der Waals surface area contributed by atoms with Gasteiger partial charge in [0.1, 0.15) is 11.8 Å². The van der Waals surface area contributed by atoms with Crippen LogP contribution in [0, 0.1) is 25.7 Å². The van der Waals surface area contributed by atoms with Gasteiger partial charge in [-0.1, -0.05) is 36.4 Å². The van der Waals surface area contributed by atoms with Gasteiger partial charge in [0.2, 0.25) is 11.8 Å². The second-order valence-corrected chi connectivity index (χ2v) is 12.9. The summed E-state index contributed by atoms with van der Waals surface area (Å²) in [7, 11) is 0. The summed E-state index contributed by atoms with van der Waals surface area (Å²) in [6.45, 7) is 7.41. The molecule has 0 aromatic heterocycles. The molecule has 1 unspecified atom stereocenters. The number of aryl methyl sites for hydroxylation is 2. The van der Waals surface area contributed by atoms with E-state index in [0.717, 1.165) is 28.3 Å². The molecule has 0 radical (unpaired) electrons. The fraction of sp³-hybridized carbons (Fsp3) is 0.424. The van der Waals surface area contributed by atoms with Crippen LogP contribution in [-0.2, 0) is 14.4 Å². The Morgan fingerprint density at radius 1 is 0.976 bits per heavy atom. The van der Waals surface area contributed by atoms with Crippen molar-refractivity contribution in [3.63, 3.8) is 0 Å². The SMILES string of the molecule is CCOc1ccc(N2CC=C[C@@H]3S[C@]45C=CCN(c6cc(C)ccc6C)C(=O)C4N(CCCO)C(=O)[C@@H]5[C@@H]3C2=O)cc1. The topological polar surface area (TPSA) is 90.4 Å². The summed E-state index contributed by atoms with van der Waals surface area (Å²) in [5.74, 6) is -1.04. The minimum Gasteiger partial charge on any atom is -0.494 e. The first-order valence-corrected chi connectivity index (χ1v) is 15.5. The van der Waals surface area contributed by atoms with Gasteiger partial charge in [-0.25, -0.2) is 0 Å². The van der Waals surface area contributed by atoms with Crippen LogP contribution in [0.25, 0.3) is 0 Å². The van der Waals surface area contributed by atoms with E-state index in [2.05, 4.69) is 0 Å². The number of thioether (sulfide) groups is 1. The number of carbonyl (C=O) groups is 3. The van der Waals surface area contributed by atoms with Gasteiger partial charge in [0.15, 0.2) is 0 Å². The Balaban J connectivity index is 1.40. The molecule has 0 aliphatic carbocycles. The lowest BCUT2D eigenvalue weighted by Crippen LogP contribution is -2.53. The average Bonchev–Trinajstić information content (AvgIpc) is 3.29. The number of fused-ring (bicyclic) bond motifs is 2. The minimum absolute atomic E-state index is 0.0920. The predicted molar refractivity (Wildman–Crippen MR) is 165 cm³/mol. The van der Waals surface area contributed by atoms with Crippen molar-refractivity contribution in [2.45, 2.75) is 43.2 Å². The number of benzene rings is 2. The van der Waals surface area contributed by atoms with Gasteiger partial charge in [0.25, 0.3) is 5.91 Å². The highest BCUT2D eigenvalue weighted by Gasteiger charge is 2.71. The number of ether oxygens (including phenoxy) is 1. The van der Waals surface area contributed by atoms with Crippen LogP contribution >= 0.6 is 11.8 Å². The van der Waals surface area contributed by atoms with E-state index < -0.39 is 22.6 Å². The molecular formula is C33H37N3O5S. The number of amides is 3. The van der Waals surface area contributed by atoms with Crippen molar-refractivity contribution in [1.82, 2.24) is 4.90 Å². The van der Waals surface area contributed by atoms with Crippen LogP contribution in [0.2, 0.25) is 0 Å². The number of aliphatic hydroxyl groups excluding tert-OH is 1. The fourth-order valence-corrected chi connectivity index (χ4v) is 8.97. The molecule has 1 N–H and O–H groups in total. The lowest BCUT2D eigenvalue weighted by atomic mass is 9.78. The van der Waals surface area contributed by atoms with Crippen LogP contribution in [0.15, 0.2) is 66.8 Å². The molecule has 4 heterocycles. The number of nitrogens with zero attached hydrogens (tertiary/aromatic N) is 3. The molecule has 2 aromatic rings. The zero-order valence-electron chi connectivity index (χ0n) is 24.2. The summed E-state index contributed by atoms with van der Waals surface area (Å²) < 4.78 is 4.69. The van der Waals surface area contributed by atoms with Crippen molar-refractivity contribution >= 4 is 40.9 Å². The zero-order valence-corrected chi connectivity index (χ0v) is 25.0. The highest BCUT2D eigenvalue weighted by Crippen LogP contribution is 2.61. The molecule has 8 nitrogen and oxygen atoms in total. The van der Waals surface area contributed by atoms with Crippen molar-refractivity contribution in [2.75, 3.05) is 42.6 Å². The molecule has 1 spiro atoms. The van der Waals surface area contributed by atoms with E-state index in [-0.39, 0.29) is 36.1 Å². The number of aliphatic hydroxyl groups is 1. The normalized spacial score (nSPS) is 28.5. The van der Waals surface area contributed by atoms with Gasteiger partial charge < -0.3 is 24.5 Å². The van der Waals surface area contributed by atoms with Crippen LogP contribution in [0.1, 0.15) is 24.5 Å². The quantitative estimate of drug-likeness (QED) is 0.495. The summed E-state index contributed by atoms with van der Waals surface area (Å²) >= 11 is 1.57. The van der Waals surface area contributed by atoms with Crippen LogP contribution in [0.3, 0.4) is 0 Å². The monoisotopic (exact) mass is 587 g/mol. The Labute approximate surface area is 251 Å². The lowest BCUT2D eigenvalue weighted by molar-refractivity contribution is -0.138. The minimum atomic E-state index is -0.896. The van der Waals surface area contributed by atoms with E-state index in [1.54, 1.807) is 26.5 Å². The van der Waals surface area contributed by atoms with Gasteiger partial charge in [-0.3, -0.25) is 14.4 Å². The first-order chi connectivity index (χ1) is 20.3. The summed E-state index contributed by atoms with van der Waals surface area (Å²) in [5.41, 5.74) is 3.60. The highest BCUT2D eigenvalue weighted by atomic mass is 32.2. The Kier molecular flexibility index (Phi) is 7.66. The number of hydrogen-bond acceptors (Lipinski definition) is 6. The number of anilines is 2. The summed E-state index contributed by atoms with van der Waals surface area (Å²) in [6, 6.07) is 12.7. The standard InChI is InChI=1S/C33H37N3O5S/c1-4-41-24-13-11-23(12-14-24)34-16-5-8-26-27(30(34)38)28-31(39)36(18-7-19-37)29-32(40)35(17-6-15-33(28,29)42-26)25-20-21(2)9-10-22(25)3/h5-6,8-15,20,26-29,37H,4,7,16-19H2,1-3H3/t26-,27+,28-,29?,33-/m0/s1. The number of likely N-dealkylation sites (tertiary alicyclic amines) is 1. The van der Waals surface area contributed by atoms with E-state index >= 15 is 0 Å². The van der Waals surface area contributed by atoms with E-state index in [4.69, 9.17) is 4.74 Å². The molecule has 4 aliphatic rings. The Morgan fingerprint density at radius 2 is 1.74 bits per heavy atom. The van der Waals surface area contributed by atoms with E-state index in [1.807, 2.05) is 87.5 Å². The third-order valence-corrected chi connectivity index (χ3v) is 10.6. The molecule has 220 valence electrons. The molecule has 3 amide bonds. The van der Waals surface area contributed by atoms with Crippen LogP contribution in [0.4, 0.5) is 11.4 Å². The maximum Gasteiger partial charge on any atom is 0.251 e. The van der Waals surface area contributed by atoms with E-state index in [9.17, 15) is 19.5 Å². The Morgan fingerprint density at radius 3 is 2.48 bits per heavy atom. The van der Waals surface area contributed by atoms with Crippen LogP contribution in [-0.4, -0.2) is 76.6 Å². The summed E-state index contributed by atoms with van der Waals surface area (Å²) in [4.78, 5) is 48.4. The Hall–Kier alpha value is -3.56. The largest absolute Gasteiger partial charge is 0.494 e. The third-order valence-electron chi connectivity index (χ3n) is 8.83. The first-order valence-electron chi connectivity index (χ1n) is 14.7. The molecule has 2 saturated heterocycles. The molecule has 4 aliphatic heterocycles. The van der Waals surface area contributed by atoms with Crippen molar-refractivity contribution < 1.29 is 24.2 Å². The van der Waals surface area contributed by atoms with Gasteiger partial charge in [0.05, 0.1) is 23.2 Å². The zero-order chi connectivity index (χ0) is 29.6. The van der Waals surface area contributed by atoms with Crippen LogP contribution in [0.5, 0.6) is 5.75 Å². The van der Waals surface area contributed by atoms with Crippen LogP contribution < -0.4 is 14.5 Å². The molecule has 2 aromatic carbocycles. The molecular weight excluding hydrogens is 550 g/mol. The molecule has 0 bridgehead atoms. The summed E-state index contributed by atoms with van der Waals surface area (Å²) in [5, 5.41) is 9.43. The fourth-order valence-electron chi connectivity index (χ4n) is 6.97. The third kappa shape index (κ3) is 4.54. The average molecular weight is 588 g/mol. The van der Waals surface area contributed by atoms with Gasteiger partial charge in [0, 0.05) is 42.9 Å². The molecule has 5 atom stereocenters. The first kappa shape index (κ1) is 28.6. The highest BCUT2D eigenvalue weighted by molar-refractivity contribution is 8.02. The van der Waals surface area contributed by atoms with Gasteiger partial charge in [-0.05, 0) is 68.7 Å². The molecule has 2 fully saturated rings. The molecule has 9 heteroatoms. The number of hydrogen-bond donors (Lipinski definition) is 1. The lowest BCUT2D eigenvalue weighted by Gasteiger charge is -2.35. The molecule has 6 rings (SSSR count). The van der Waals surface area contributed by atoms with E-state index in [0.29, 0.717) is 26.1 Å². The Bertz CT molecular complexity index is 1460. The smallest absolute Gasteiger partial charge is 0.251 e. The van der Waals surface area contributed by atoms with Crippen molar-refractivity contribution in [3.8, 4) is 5.75 Å². The van der Waals surface area contributed by atoms with Crippen molar-refractivity contribution in [3.05, 3.63) is 77.9 Å². The number of carbonyl (C=O) groups excluding carboxylic acids is 3. The van der Waals surface area contributed by atoms with Gasteiger partial charge in [-0.15, -0.1) is 11.8 Å². The van der Waals surface area contributed by atoms with E-state index in [1.165, 1.54) is 0 Å². The van der Waals surface area contributed by atoms with Crippen molar-refractivity contribution in [2.24, 2.45) is 11.8 Å². The predicted octanol–water partition coefficient (Wildman–Crippen LogP) is 3.89. The summed E-state index contributed by atoms with van der Waals surface area (Å²) in [6.07, 6.45) is 8.42.